The zero-order chi connectivity index (χ0) is 14.4. The number of rotatable bonds is 7. The van der Waals surface area contributed by atoms with Crippen molar-refractivity contribution in [3.8, 4) is 0 Å². The van der Waals surface area contributed by atoms with Gasteiger partial charge in [0.15, 0.2) is 0 Å². The van der Waals surface area contributed by atoms with Crippen LogP contribution in [0.5, 0.6) is 0 Å². The first kappa shape index (κ1) is 15.2. The average molecular weight is 337 g/mol. The van der Waals surface area contributed by atoms with Gasteiger partial charge in [-0.05, 0) is 37.6 Å². The van der Waals surface area contributed by atoms with Crippen LogP contribution in [-0.2, 0) is 19.4 Å². The largest absolute Gasteiger partial charge is 0.313 e. The summed E-state index contributed by atoms with van der Waals surface area (Å²) in [6.07, 6.45) is 3.54. The van der Waals surface area contributed by atoms with E-state index >= 15 is 0 Å². The first-order valence-electron chi connectivity index (χ1n) is 7.07. The Morgan fingerprint density at radius 3 is 2.60 bits per heavy atom. The van der Waals surface area contributed by atoms with Gasteiger partial charge < -0.3 is 5.32 Å². The molecule has 0 bridgehead atoms. The van der Waals surface area contributed by atoms with Crippen LogP contribution in [0.1, 0.15) is 25.2 Å². The maximum absolute atomic E-state index is 4.37. The predicted molar refractivity (Wildman–Crippen MR) is 84.7 cm³/mol. The van der Waals surface area contributed by atoms with Crippen LogP contribution in [0.3, 0.4) is 0 Å². The van der Waals surface area contributed by atoms with E-state index in [1.165, 1.54) is 5.56 Å². The molecule has 0 saturated carbocycles. The van der Waals surface area contributed by atoms with Gasteiger partial charge in [0.25, 0.3) is 0 Å². The van der Waals surface area contributed by atoms with Gasteiger partial charge in [-0.15, -0.1) is 0 Å². The fourth-order valence-corrected chi connectivity index (χ4v) is 2.61. The molecule has 108 valence electrons. The van der Waals surface area contributed by atoms with Crippen molar-refractivity contribution in [1.29, 1.82) is 0 Å². The van der Waals surface area contributed by atoms with Crippen molar-refractivity contribution in [1.82, 2.24) is 20.1 Å². The maximum atomic E-state index is 4.37. The Balaban J connectivity index is 2.05. The molecule has 0 fully saturated rings. The molecular formula is C15H21BrN4. The van der Waals surface area contributed by atoms with E-state index in [0.717, 1.165) is 36.2 Å². The molecule has 1 unspecified atom stereocenters. The summed E-state index contributed by atoms with van der Waals surface area (Å²) < 4.78 is 3.08. The highest BCUT2D eigenvalue weighted by atomic mass is 79.9. The average Bonchev–Trinajstić information content (AvgIpc) is 2.89. The van der Waals surface area contributed by atoms with Crippen molar-refractivity contribution in [2.75, 3.05) is 6.54 Å². The Kier molecular flexibility index (Phi) is 5.73. The lowest BCUT2D eigenvalue weighted by Crippen LogP contribution is -2.34. The first-order valence-corrected chi connectivity index (χ1v) is 7.86. The summed E-state index contributed by atoms with van der Waals surface area (Å²) in [5.41, 5.74) is 1.33. The Bertz CT molecular complexity index is 521. The minimum Gasteiger partial charge on any atom is -0.313 e. The van der Waals surface area contributed by atoms with E-state index < -0.39 is 0 Å². The van der Waals surface area contributed by atoms with Crippen LogP contribution in [0.15, 0.2) is 35.1 Å². The molecule has 0 radical (unpaired) electrons. The van der Waals surface area contributed by atoms with Gasteiger partial charge in [-0.1, -0.05) is 35.0 Å². The number of halogens is 1. The van der Waals surface area contributed by atoms with Gasteiger partial charge in [0.1, 0.15) is 12.2 Å². The SMILES string of the molecule is CCNC(Cc1ccc(Br)cc1)Cc1ncnn1CC. The molecule has 0 aliphatic rings. The molecule has 1 heterocycles. The summed E-state index contributed by atoms with van der Waals surface area (Å²) in [7, 11) is 0. The van der Waals surface area contributed by atoms with Crippen LogP contribution >= 0.6 is 15.9 Å². The normalized spacial score (nSPS) is 12.6. The van der Waals surface area contributed by atoms with Crippen LogP contribution in [-0.4, -0.2) is 27.4 Å². The van der Waals surface area contributed by atoms with Crippen LogP contribution in [0.25, 0.3) is 0 Å². The standard InChI is InChI=1S/C15H21BrN4/c1-3-17-14(9-12-5-7-13(16)8-6-12)10-15-18-11-19-20(15)4-2/h5-8,11,14,17H,3-4,9-10H2,1-2H3. The van der Waals surface area contributed by atoms with Gasteiger partial charge in [0.05, 0.1) is 0 Å². The van der Waals surface area contributed by atoms with Gasteiger partial charge >= 0.3 is 0 Å². The summed E-state index contributed by atoms with van der Waals surface area (Å²) in [5, 5.41) is 7.78. The molecule has 0 aliphatic carbocycles. The molecule has 5 heteroatoms. The monoisotopic (exact) mass is 336 g/mol. The second-order valence-electron chi connectivity index (χ2n) is 4.78. The van der Waals surface area contributed by atoms with Gasteiger partial charge in [0, 0.05) is 23.5 Å². The van der Waals surface area contributed by atoms with E-state index in [4.69, 9.17) is 0 Å². The third-order valence-corrected chi connectivity index (χ3v) is 3.84. The van der Waals surface area contributed by atoms with Crippen LogP contribution in [0, 0.1) is 0 Å². The molecule has 1 N–H and O–H groups in total. The van der Waals surface area contributed by atoms with E-state index in [1.807, 2.05) is 4.68 Å². The number of hydrogen-bond donors (Lipinski definition) is 1. The fraction of sp³-hybridized carbons (Fsp3) is 0.467. The summed E-state index contributed by atoms with van der Waals surface area (Å²) >= 11 is 3.47. The lowest BCUT2D eigenvalue weighted by atomic mass is 10.0. The summed E-state index contributed by atoms with van der Waals surface area (Å²) in [5.74, 6) is 1.05. The zero-order valence-electron chi connectivity index (χ0n) is 12.0. The smallest absolute Gasteiger partial charge is 0.138 e. The molecule has 0 aliphatic heterocycles. The number of nitrogens with zero attached hydrogens (tertiary/aromatic N) is 3. The number of aryl methyl sites for hydroxylation is 1. The highest BCUT2D eigenvalue weighted by molar-refractivity contribution is 9.10. The third kappa shape index (κ3) is 4.15. The number of likely N-dealkylation sites (N-methyl/N-ethyl adjacent to an activating group) is 1. The van der Waals surface area contributed by atoms with Crippen LogP contribution in [0.4, 0.5) is 0 Å². The second kappa shape index (κ2) is 7.55. The van der Waals surface area contributed by atoms with Crippen LogP contribution < -0.4 is 5.32 Å². The lowest BCUT2D eigenvalue weighted by Gasteiger charge is -2.18. The molecule has 1 aromatic carbocycles. The molecule has 20 heavy (non-hydrogen) atoms. The van der Waals surface area contributed by atoms with Gasteiger partial charge in [-0.2, -0.15) is 5.10 Å². The number of benzene rings is 1. The molecule has 1 atom stereocenters. The zero-order valence-corrected chi connectivity index (χ0v) is 13.6. The highest BCUT2D eigenvalue weighted by Gasteiger charge is 2.13. The minimum absolute atomic E-state index is 0.385. The molecule has 2 rings (SSSR count). The van der Waals surface area contributed by atoms with Gasteiger partial charge in [-0.3, -0.25) is 4.68 Å². The third-order valence-electron chi connectivity index (χ3n) is 3.31. The molecule has 0 saturated heterocycles. The van der Waals surface area contributed by atoms with Crippen molar-refractivity contribution in [3.05, 3.63) is 46.5 Å². The van der Waals surface area contributed by atoms with Gasteiger partial charge in [0.2, 0.25) is 0 Å². The summed E-state index contributed by atoms with van der Waals surface area (Å²) in [4.78, 5) is 4.37. The van der Waals surface area contributed by atoms with E-state index in [1.54, 1.807) is 6.33 Å². The highest BCUT2D eigenvalue weighted by Crippen LogP contribution is 2.13. The van der Waals surface area contributed by atoms with E-state index in [-0.39, 0.29) is 0 Å². The second-order valence-corrected chi connectivity index (χ2v) is 5.70. The molecule has 2 aromatic rings. The van der Waals surface area contributed by atoms with Crippen molar-refractivity contribution in [2.45, 2.75) is 39.3 Å². The number of hydrogen-bond acceptors (Lipinski definition) is 3. The Morgan fingerprint density at radius 2 is 1.95 bits per heavy atom. The Labute approximate surface area is 128 Å². The Hall–Kier alpha value is -1.20. The van der Waals surface area contributed by atoms with Crippen molar-refractivity contribution >= 4 is 15.9 Å². The van der Waals surface area contributed by atoms with Crippen LogP contribution in [0.2, 0.25) is 0 Å². The minimum atomic E-state index is 0.385. The molecule has 1 aromatic heterocycles. The predicted octanol–water partition coefficient (Wildman–Crippen LogP) is 2.82. The van der Waals surface area contributed by atoms with E-state index in [9.17, 15) is 0 Å². The Morgan fingerprint density at radius 1 is 1.20 bits per heavy atom. The molecule has 0 spiro atoms. The topological polar surface area (TPSA) is 42.7 Å². The molecular weight excluding hydrogens is 316 g/mol. The molecule has 0 amide bonds. The van der Waals surface area contributed by atoms with E-state index in [0.29, 0.717) is 6.04 Å². The maximum Gasteiger partial charge on any atom is 0.138 e. The fourth-order valence-electron chi connectivity index (χ4n) is 2.34. The van der Waals surface area contributed by atoms with Gasteiger partial charge in [-0.25, -0.2) is 4.98 Å². The number of aromatic nitrogens is 3. The van der Waals surface area contributed by atoms with Crippen molar-refractivity contribution in [3.63, 3.8) is 0 Å². The summed E-state index contributed by atoms with van der Waals surface area (Å²) in [6, 6.07) is 8.90. The van der Waals surface area contributed by atoms with Crippen molar-refractivity contribution < 1.29 is 0 Å². The summed E-state index contributed by atoms with van der Waals surface area (Å²) in [6.45, 7) is 6.06. The lowest BCUT2D eigenvalue weighted by molar-refractivity contribution is 0.490. The molecule has 4 nitrogen and oxygen atoms in total. The number of nitrogens with one attached hydrogen (secondary N) is 1. The quantitative estimate of drug-likeness (QED) is 0.845. The first-order chi connectivity index (χ1) is 9.72. The van der Waals surface area contributed by atoms with Crippen molar-refractivity contribution in [2.24, 2.45) is 0 Å². The van der Waals surface area contributed by atoms with E-state index in [2.05, 4.69) is 69.4 Å².